The molecular formula is C47H75NO14. The molecule has 352 valence electrons. The van der Waals surface area contributed by atoms with Crippen molar-refractivity contribution in [2.75, 3.05) is 6.61 Å². The van der Waals surface area contributed by atoms with Gasteiger partial charge in [-0.3, -0.25) is 0 Å². The molecule has 10 unspecified atom stereocenters. The van der Waals surface area contributed by atoms with Crippen LogP contribution >= 0.6 is 0 Å². The first-order chi connectivity index (χ1) is 29.5. The van der Waals surface area contributed by atoms with E-state index in [4.69, 9.17) is 48.4 Å². The molecule has 0 aromatic heterocycles. The zero-order valence-corrected chi connectivity index (χ0v) is 37.7. The minimum atomic E-state index is -0.942. The molecule has 4 saturated heterocycles. The Balaban J connectivity index is 0.731. The Bertz CT molecular complexity index is 1600. The van der Waals surface area contributed by atoms with Gasteiger partial charge >= 0.3 is 5.97 Å². The van der Waals surface area contributed by atoms with Crippen LogP contribution in [0.3, 0.4) is 0 Å². The summed E-state index contributed by atoms with van der Waals surface area (Å²) in [6, 6.07) is -0.0393. The van der Waals surface area contributed by atoms with Gasteiger partial charge in [0.05, 0.1) is 54.4 Å². The molecule has 23 atom stereocenters. The first kappa shape index (κ1) is 45.8. The van der Waals surface area contributed by atoms with Crippen molar-refractivity contribution in [3.63, 3.8) is 0 Å². The van der Waals surface area contributed by atoms with E-state index < -0.39 is 85.7 Å². The Kier molecular flexibility index (Phi) is 13.1. The molecule has 62 heavy (non-hydrogen) atoms. The van der Waals surface area contributed by atoms with Crippen LogP contribution in [0.25, 0.3) is 0 Å². The lowest BCUT2D eigenvalue weighted by atomic mass is 9.43. The minimum absolute atomic E-state index is 0.0191. The third-order valence-corrected chi connectivity index (χ3v) is 17.8. The lowest BCUT2D eigenvalue weighted by Gasteiger charge is -2.64. The number of carbonyl (C=O) groups is 1. The summed E-state index contributed by atoms with van der Waals surface area (Å²) in [4.78, 5) is 12.0. The van der Waals surface area contributed by atoms with Gasteiger partial charge in [0, 0.05) is 36.8 Å². The number of hydrogen-bond acceptors (Lipinski definition) is 15. The van der Waals surface area contributed by atoms with E-state index >= 15 is 0 Å². The predicted octanol–water partition coefficient (Wildman–Crippen LogP) is 4.12. The maximum Gasteiger partial charge on any atom is 0.331 e. The zero-order valence-electron chi connectivity index (χ0n) is 37.7. The zero-order chi connectivity index (χ0) is 43.9. The fraction of sp³-hybridized carbons (Fsp3) is 0.936. The Morgan fingerprint density at radius 2 is 1.19 bits per heavy atom. The first-order valence-electron chi connectivity index (χ1n) is 24.1. The van der Waals surface area contributed by atoms with E-state index in [-0.39, 0.29) is 66.1 Å². The molecule has 9 rings (SSSR count). The fourth-order valence-corrected chi connectivity index (χ4v) is 14.2. The van der Waals surface area contributed by atoms with Crippen LogP contribution < -0.4 is 5.73 Å². The Hall–Kier alpha value is -1.31. The van der Waals surface area contributed by atoms with E-state index in [1.807, 2.05) is 20.8 Å². The van der Waals surface area contributed by atoms with Crippen molar-refractivity contribution in [2.24, 2.45) is 40.2 Å². The van der Waals surface area contributed by atoms with Crippen molar-refractivity contribution in [1.29, 1.82) is 0 Å². The number of esters is 1. The molecule has 4 saturated carbocycles. The molecule has 8 fully saturated rings. The molecule has 15 heteroatoms. The molecule has 0 aromatic rings. The van der Waals surface area contributed by atoms with Crippen LogP contribution in [0.5, 0.6) is 0 Å². The van der Waals surface area contributed by atoms with Crippen molar-refractivity contribution in [3.05, 3.63) is 11.6 Å². The molecule has 6 N–H and O–H groups in total. The number of ether oxygens (including phenoxy) is 9. The lowest BCUT2D eigenvalue weighted by Crippen LogP contribution is -2.62. The van der Waals surface area contributed by atoms with Gasteiger partial charge in [-0.25, -0.2) is 4.79 Å². The number of rotatable bonds is 9. The highest BCUT2D eigenvalue weighted by molar-refractivity contribution is 5.85. The van der Waals surface area contributed by atoms with E-state index in [1.54, 1.807) is 13.0 Å². The number of aliphatic hydroxyl groups excluding tert-OH is 3. The predicted molar refractivity (Wildman–Crippen MR) is 222 cm³/mol. The van der Waals surface area contributed by atoms with E-state index in [9.17, 15) is 25.2 Å². The lowest BCUT2D eigenvalue weighted by molar-refractivity contribution is -0.342. The van der Waals surface area contributed by atoms with Gasteiger partial charge in [0.2, 0.25) is 0 Å². The summed E-state index contributed by atoms with van der Waals surface area (Å²) in [5, 5.41) is 46.3. The molecule has 5 heterocycles. The van der Waals surface area contributed by atoms with Crippen LogP contribution in [-0.4, -0.2) is 137 Å². The van der Waals surface area contributed by atoms with E-state index in [0.29, 0.717) is 24.9 Å². The summed E-state index contributed by atoms with van der Waals surface area (Å²) in [7, 11) is 0. The largest absolute Gasteiger partial charge is 0.458 e. The second-order valence-corrected chi connectivity index (χ2v) is 21.4. The first-order valence-corrected chi connectivity index (χ1v) is 24.1. The highest BCUT2D eigenvalue weighted by Crippen LogP contribution is 2.70. The number of aliphatic hydroxyl groups is 4. The standard InChI is InChI=1S/C47H75NO14/c1-23-33(48)9-10-38(55-23)60-42-24(2)57-40(20-35(42)50)62-44-26(4)58-41(21-36(44)51)61-43-25(3)56-39(19-34(43)49)59-29-11-14-45(5)28(18-29)7-8-32-31(45)12-15-46(6)30(13-16-47(32,46)53)27-17-37(52)54-22-27/h17,23-26,28-36,38-44,49-51,53H,7-16,18-22,48H2,1-6H3/t23?,24?,25?,26?,28-,29+,30-,31?,32-,33+,34-,35-,36-,38-,39+,40+,41+,42?,43?,44?,45?,46?,47+/m1/s1. The third kappa shape index (κ3) is 8.38. The van der Waals surface area contributed by atoms with E-state index in [1.165, 1.54) is 0 Å². The van der Waals surface area contributed by atoms with Crippen LogP contribution in [0.1, 0.15) is 131 Å². The normalized spacial score (nSPS) is 54.5. The van der Waals surface area contributed by atoms with Crippen LogP contribution in [0, 0.1) is 34.5 Å². The molecule has 0 aromatic carbocycles. The monoisotopic (exact) mass is 878 g/mol. The second kappa shape index (κ2) is 17.7. The van der Waals surface area contributed by atoms with E-state index in [0.717, 1.165) is 69.8 Å². The van der Waals surface area contributed by atoms with Crippen molar-refractivity contribution in [1.82, 2.24) is 0 Å². The topological polar surface area (TPSA) is 207 Å². The van der Waals surface area contributed by atoms with Crippen LogP contribution in [0.2, 0.25) is 0 Å². The SMILES string of the molecule is CC1O[C@@H](OC2C(C)O[C@@H](O[C@H]3CCC4(C)C5CCC6(C)[C@@H](C7=CC(=O)OC7)CC[C@]6(O)[C@@H]5CC[C@@H]4C3)C[C@H]2O)C[C@@H](O)C1O[C@H]1C[C@@H](O)C(O[C@@H]2CC[C@H](N)C(C)O2)C(C)O1. The van der Waals surface area contributed by atoms with Gasteiger partial charge in [0.1, 0.15) is 24.9 Å². The number of cyclic esters (lactones) is 1. The van der Waals surface area contributed by atoms with Gasteiger partial charge in [-0.1, -0.05) is 13.8 Å². The second-order valence-electron chi connectivity index (χ2n) is 21.4. The molecular weight excluding hydrogens is 803 g/mol. The number of fused-ring (bicyclic) bond motifs is 5. The van der Waals surface area contributed by atoms with Gasteiger partial charge in [-0.15, -0.1) is 0 Å². The molecule has 0 radical (unpaired) electrons. The summed E-state index contributed by atoms with van der Waals surface area (Å²) < 4.78 is 55.2. The molecule has 4 aliphatic carbocycles. The summed E-state index contributed by atoms with van der Waals surface area (Å²) in [6.07, 6.45) is 3.39. The van der Waals surface area contributed by atoms with Gasteiger partial charge < -0.3 is 68.8 Å². The highest BCUT2D eigenvalue weighted by atomic mass is 16.7. The van der Waals surface area contributed by atoms with Crippen molar-refractivity contribution >= 4 is 5.97 Å². The van der Waals surface area contributed by atoms with Gasteiger partial charge in [0.15, 0.2) is 25.2 Å². The summed E-state index contributed by atoms with van der Waals surface area (Å²) in [6.45, 7) is 12.5. The Morgan fingerprint density at radius 1 is 0.629 bits per heavy atom. The average molecular weight is 878 g/mol. The molecule has 0 amide bonds. The molecule has 0 bridgehead atoms. The molecule has 0 spiro atoms. The maximum atomic E-state index is 12.6. The molecule has 5 aliphatic heterocycles. The number of hydrogen-bond donors (Lipinski definition) is 5. The molecule has 15 nitrogen and oxygen atoms in total. The average Bonchev–Trinajstić information content (AvgIpc) is 3.76. The quantitative estimate of drug-likeness (QED) is 0.163. The maximum absolute atomic E-state index is 12.6. The summed E-state index contributed by atoms with van der Waals surface area (Å²) in [5.41, 5.74) is 6.28. The highest BCUT2D eigenvalue weighted by Gasteiger charge is 2.68. The summed E-state index contributed by atoms with van der Waals surface area (Å²) in [5.74, 6) is 1.12. The van der Waals surface area contributed by atoms with Crippen molar-refractivity contribution < 1.29 is 67.9 Å². The van der Waals surface area contributed by atoms with E-state index in [2.05, 4.69) is 13.8 Å². The van der Waals surface area contributed by atoms with Gasteiger partial charge in [0.25, 0.3) is 0 Å². The molecule has 9 aliphatic rings. The Labute approximate surface area is 366 Å². The Morgan fingerprint density at radius 3 is 1.74 bits per heavy atom. The van der Waals surface area contributed by atoms with Crippen LogP contribution in [0.4, 0.5) is 0 Å². The van der Waals surface area contributed by atoms with Gasteiger partial charge in [-0.05, 0) is 133 Å². The van der Waals surface area contributed by atoms with Crippen LogP contribution in [-0.2, 0) is 47.4 Å². The van der Waals surface area contributed by atoms with Crippen molar-refractivity contribution in [2.45, 2.75) is 235 Å². The fourth-order valence-electron chi connectivity index (χ4n) is 14.2. The van der Waals surface area contributed by atoms with Crippen LogP contribution in [0.15, 0.2) is 11.6 Å². The minimum Gasteiger partial charge on any atom is -0.458 e. The number of nitrogens with two attached hydrogens (primary N) is 1. The van der Waals surface area contributed by atoms with Crippen molar-refractivity contribution in [3.8, 4) is 0 Å². The van der Waals surface area contributed by atoms with Gasteiger partial charge in [-0.2, -0.15) is 0 Å². The third-order valence-electron chi connectivity index (χ3n) is 17.8. The smallest absolute Gasteiger partial charge is 0.331 e. The number of carbonyl (C=O) groups excluding carboxylic acids is 1. The summed E-state index contributed by atoms with van der Waals surface area (Å²) >= 11 is 0.